The van der Waals surface area contributed by atoms with Crippen molar-refractivity contribution in [2.75, 3.05) is 32.9 Å². The molecule has 0 aromatic heterocycles. The van der Waals surface area contributed by atoms with Gasteiger partial charge >= 0.3 is 0 Å². The first-order valence-electron chi connectivity index (χ1n) is 6.43. The summed E-state index contributed by atoms with van der Waals surface area (Å²) in [6.07, 6.45) is 3.29. The van der Waals surface area contributed by atoms with Crippen molar-refractivity contribution in [2.24, 2.45) is 11.1 Å². The normalized spacial score (nSPS) is 28.4. The van der Waals surface area contributed by atoms with Crippen LogP contribution < -0.4 is 5.73 Å². The second kappa shape index (κ2) is 5.33. The zero-order valence-electron chi connectivity index (χ0n) is 10.2. The van der Waals surface area contributed by atoms with E-state index in [-0.39, 0.29) is 18.6 Å². The lowest BCUT2D eigenvalue weighted by Gasteiger charge is -2.39. The van der Waals surface area contributed by atoms with Crippen LogP contribution >= 0.6 is 0 Å². The van der Waals surface area contributed by atoms with E-state index in [9.17, 15) is 9.90 Å². The van der Waals surface area contributed by atoms with Gasteiger partial charge in [0.25, 0.3) is 0 Å². The monoisotopic (exact) mass is 242 g/mol. The van der Waals surface area contributed by atoms with Gasteiger partial charge in [-0.3, -0.25) is 4.79 Å². The summed E-state index contributed by atoms with van der Waals surface area (Å²) in [6, 6.07) is -0.00577. The number of nitrogens with two attached hydrogens (primary N) is 1. The molecule has 0 aromatic carbocycles. The number of carbonyl (C=O) groups is 1. The fraction of sp³-hybridized carbons (Fsp3) is 0.917. The Hall–Kier alpha value is -0.650. The molecule has 3 N–H and O–H groups in total. The molecular formula is C12H22N2O3. The molecule has 98 valence electrons. The van der Waals surface area contributed by atoms with Crippen molar-refractivity contribution in [3.05, 3.63) is 0 Å². The number of hydrogen-bond acceptors (Lipinski definition) is 4. The van der Waals surface area contributed by atoms with Gasteiger partial charge in [-0.15, -0.1) is 0 Å². The highest BCUT2D eigenvalue weighted by Gasteiger charge is 2.44. The summed E-state index contributed by atoms with van der Waals surface area (Å²) in [5.74, 6) is 0.125. The van der Waals surface area contributed by atoms with Crippen LogP contribution in [0.5, 0.6) is 0 Å². The number of nitrogens with zero attached hydrogens (tertiary/aromatic N) is 1. The highest BCUT2D eigenvalue weighted by molar-refractivity contribution is 5.83. The largest absolute Gasteiger partial charge is 0.394 e. The Labute approximate surface area is 102 Å². The fourth-order valence-corrected chi connectivity index (χ4v) is 2.86. The summed E-state index contributed by atoms with van der Waals surface area (Å²) < 4.78 is 5.32. The zero-order valence-corrected chi connectivity index (χ0v) is 10.2. The Morgan fingerprint density at radius 1 is 1.47 bits per heavy atom. The third-order valence-corrected chi connectivity index (χ3v) is 4.14. The van der Waals surface area contributed by atoms with Crippen LogP contribution in [-0.2, 0) is 9.53 Å². The van der Waals surface area contributed by atoms with Crippen molar-refractivity contribution >= 4 is 5.91 Å². The quantitative estimate of drug-likeness (QED) is 0.714. The van der Waals surface area contributed by atoms with Gasteiger partial charge in [0, 0.05) is 26.3 Å². The van der Waals surface area contributed by atoms with Crippen molar-refractivity contribution in [2.45, 2.75) is 31.7 Å². The van der Waals surface area contributed by atoms with E-state index in [4.69, 9.17) is 10.5 Å². The molecule has 5 nitrogen and oxygen atoms in total. The summed E-state index contributed by atoms with van der Waals surface area (Å²) in [5, 5.41) is 9.29. The number of likely N-dealkylation sites (tertiary alicyclic amines) is 1. The molecule has 1 amide bonds. The van der Waals surface area contributed by atoms with Crippen molar-refractivity contribution in [3.8, 4) is 0 Å². The topological polar surface area (TPSA) is 75.8 Å². The van der Waals surface area contributed by atoms with Crippen molar-refractivity contribution in [1.82, 2.24) is 4.90 Å². The van der Waals surface area contributed by atoms with Crippen LogP contribution in [0.1, 0.15) is 25.7 Å². The van der Waals surface area contributed by atoms with Crippen LogP contribution in [0.3, 0.4) is 0 Å². The van der Waals surface area contributed by atoms with Crippen LogP contribution in [-0.4, -0.2) is 54.9 Å². The Bertz CT molecular complexity index is 277. The van der Waals surface area contributed by atoms with E-state index < -0.39 is 5.41 Å². The molecule has 2 heterocycles. The smallest absolute Gasteiger partial charge is 0.230 e. The maximum atomic E-state index is 12.6. The van der Waals surface area contributed by atoms with Crippen molar-refractivity contribution in [1.29, 1.82) is 0 Å². The Kier molecular flexibility index (Phi) is 4.01. The van der Waals surface area contributed by atoms with Gasteiger partial charge in [0.05, 0.1) is 18.1 Å². The highest BCUT2D eigenvalue weighted by atomic mass is 16.5. The van der Waals surface area contributed by atoms with Crippen LogP contribution in [0.25, 0.3) is 0 Å². The minimum atomic E-state index is -0.448. The van der Waals surface area contributed by atoms with Gasteiger partial charge in [-0.2, -0.15) is 0 Å². The molecule has 2 rings (SSSR count). The van der Waals surface area contributed by atoms with E-state index >= 15 is 0 Å². The average molecular weight is 242 g/mol. The van der Waals surface area contributed by atoms with Crippen molar-refractivity contribution in [3.63, 3.8) is 0 Å². The molecule has 0 unspecified atom stereocenters. The lowest BCUT2D eigenvalue weighted by atomic mass is 9.78. The molecule has 2 fully saturated rings. The predicted octanol–water partition coefficient (Wildman–Crippen LogP) is -0.275. The summed E-state index contributed by atoms with van der Waals surface area (Å²) in [4.78, 5) is 14.4. The van der Waals surface area contributed by atoms with E-state index in [0.717, 1.165) is 19.4 Å². The van der Waals surface area contributed by atoms with Crippen LogP contribution in [0, 0.1) is 5.41 Å². The molecule has 2 aliphatic heterocycles. The van der Waals surface area contributed by atoms with E-state index in [2.05, 4.69) is 0 Å². The first kappa shape index (κ1) is 12.8. The lowest BCUT2D eigenvalue weighted by Crippen LogP contribution is -2.52. The van der Waals surface area contributed by atoms with Gasteiger partial charge in [0.1, 0.15) is 0 Å². The van der Waals surface area contributed by atoms with Gasteiger partial charge in [0.15, 0.2) is 0 Å². The SMILES string of the molecule is NCC1(C(=O)N2CCC[C@H]2CO)CCOCC1. The summed E-state index contributed by atoms with van der Waals surface area (Å²) in [5.41, 5.74) is 5.38. The molecule has 17 heavy (non-hydrogen) atoms. The zero-order chi connectivity index (χ0) is 12.3. The molecule has 0 spiro atoms. The summed E-state index contributed by atoms with van der Waals surface area (Å²) in [7, 11) is 0. The number of amides is 1. The first-order chi connectivity index (χ1) is 8.23. The number of ether oxygens (including phenoxy) is 1. The average Bonchev–Trinajstić information content (AvgIpc) is 2.86. The molecule has 1 atom stereocenters. The highest BCUT2D eigenvalue weighted by Crippen LogP contribution is 2.34. The molecule has 0 radical (unpaired) electrons. The molecule has 0 aromatic rings. The maximum Gasteiger partial charge on any atom is 0.230 e. The maximum absolute atomic E-state index is 12.6. The van der Waals surface area contributed by atoms with E-state index in [1.165, 1.54) is 0 Å². The number of hydrogen-bond donors (Lipinski definition) is 2. The van der Waals surface area contributed by atoms with Crippen LogP contribution in [0.4, 0.5) is 0 Å². The number of rotatable bonds is 3. The predicted molar refractivity (Wildman–Crippen MR) is 63.4 cm³/mol. The molecule has 0 bridgehead atoms. The number of aliphatic hydroxyl groups is 1. The molecule has 5 heteroatoms. The van der Waals surface area contributed by atoms with Gasteiger partial charge in [0.2, 0.25) is 5.91 Å². The summed E-state index contributed by atoms with van der Waals surface area (Å²) >= 11 is 0. The van der Waals surface area contributed by atoms with Gasteiger partial charge in [-0.1, -0.05) is 0 Å². The van der Waals surface area contributed by atoms with Gasteiger partial charge < -0.3 is 20.5 Å². The number of carbonyl (C=O) groups excluding carboxylic acids is 1. The van der Waals surface area contributed by atoms with Crippen LogP contribution in [0.15, 0.2) is 0 Å². The van der Waals surface area contributed by atoms with E-state index in [1.807, 2.05) is 4.90 Å². The van der Waals surface area contributed by atoms with Crippen LogP contribution in [0.2, 0.25) is 0 Å². The van der Waals surface area contributed by atoms with E-state index in [1.54, 1.807) is 0 Å². The Morgan fingerprint density at radius 3 is 2.76 bits per heavy atom. The van der Waals surface area contributed by atoms with Gasteiger partial charge in [-0.05, 0) is 25.7 Å². The third kappa shape index (κ3) is 2.32. The van der Waals surface area contributed by atoms with Crippen molar-refractivity contribution < 1.29 is 14.6 Å². The minimum absolute atomic E-state index is 0.00577. The lowest BCUT2D eigenvalue weighted by molar-refractivity contribution is -0.148. The Morgan fingerprint density at radius 2 is 2.18 bits per heavy atom. The standard InChI is InChI=1S/C12H22N2O3/c13-9-12(3-6-17-7-4-12)11(16)14-5-1-2-10(14)8-15/h10,15H,1-9,13H2/t10-/m0/s1. The molecule has 0 aliphatic carbocycles. The third-order valence-electron chi connectivity index (χ3n) is 4.14. The summed E-state index contributed by atoms with van der Waals surface area (Å²) in [6.45, 7) is 2.42. The molecular weight excluding hydrogens is 220 g/mol. The molecule has 2 saturated heterocycles. The Balaban J connectivity index is 2.10. The second-order valence-electron chi connectivity index (χ2n) is 5.07. The second-order valence-corrected chi connectivity index (χ2v) is 5.07. The molecule has 0 saturated carbocycles. The fourth-order valence-electron chi connectivity index (χ4n) is 2.86. The molecule has 2 aliphatic rings. The van der Waals surface area contributed by atoms with E-state index in [0.29, 0.717) is 32.6 Å². The van der Waals surface area contributed by atoms with Gasteiger partial charge in [-0.25, -0.2) is 0 Å². The first-order valence-corrected chi connectivity index (χ1v) is 6.43. The number of aliphatic hydroxyl groups excluding tert-OH is 1. The minimum Gasteiger partial charge on any atom is -0.394 e.